The van der Waals surface area contributed by atoms with Crippen LogP contribution < -0.4 is 14.8 Å². The van der Waals surface area contributed by atoms with Gasteiger partial charge in [-0.3, -0.25) is 4.79 Å². The lowest BCUT2D eigenvalue weighted by Crippen LogP contribution is -2.25. The van der Waals surface area contributed by atoms with Gasteiger partial charge in [-0.05, 0) is 66.2 Å². The van der Waals surface area contributed by atoms with E-state index in [4.69, 9.17) is 26.1 Å². The second kappa shape index (κ2) is 8.36. The summed E-state index contributed by atoms with van der Waals surface area (Å²) in [4.78, 5) is 16.7. The first-order valence-corrected chi connectivity index (χ1v) is 10.5. The van der Waals surface area contributed by atoms with Crippen molar-refractivity contribution in [2.75, 3.05) is 19.0 Å². The van der Waals surface area contributed by atoms with Crippen LogP contribution in [0, 0.1) is 0 Å². The third kappa shape index (κ3) is 3.90. The van der Waals surface area contributed by atoms with Crippen LogP contribution in [0.25, 0.3) is 33.6 Å². The first-order valence-electron chi connectivity index (χ1n) is 10.1. The number of pyridine rings is 1. The van der Waals surface area contributed by atoms with Crippen molar-refractivity contribution in [1.29, 1.82) is 0 Å². The van der Waals surface area contributed by atoms with Gasteiger partial charge in [0.2, 0.25) is 0 Å². The minimum Gasteiger partial charge on any atom is -0.497 e. The van der Waals surface area contributed by atoms with Crippen LogP contribution in [0.2, 0.25) is 5.02 Å². The number of fused-ring (bicyclic) bond motifs is 1. The quantitative estimate of drug-likeness (QED) is 0.416. The Bertz CT molecular complexity index is 1320. The molecule has 5 nitrogen and oxygen atoms in total. The summed E-state index contributed by atoms with van der Waals surface area (Å²) in [6, 6.07) is 25.2. The minimum atomic E-state index is -0.175. The molecule has 6 heteroatoms. The van der Waals surface area contributed by atoms with Crippen molar-refractivity contribution in [3.8, 4) is 45.1 Å². The fourth-order valence-electron chi connectivity index (χ4n) is 3.68. The Morgan fingerprint density at radius 3 is 2.38 bits per heavy atom. The standard InChI is InChI=1S/C26H19ClN2O3/c1-31-19-9-6-16(7-10-19)22-13-18(20-4-2-3-5-21(20)27)14-23(28-22)17-8-11-25-24(12-17)29-26(30)15-32-25/h2-14H,15H2,1H3,(H,29,30). The maximum atomic E-state index is 11.8. The molecule has 0 fully saturated rings. The molecule has 1 aliphatic heterocycles. The Morgan fingerprint density at radius 1 is 0.906 bits per heavy atom. The molecular formula is C26H19ClN2O3. The molecule has 0 unspecified atom stereocenters. The Morgan fingerprint density at radius 2 is 1.62 bits per heavy atom. The topological polar surface area (TPSA) is 60.5 Å². The number of nitrogens with zero attached hydrogens (tertiary/aromatic N) is 1. The molecule has 0 atom stereocenters. The van der Waals surface area contributed by atoms with E-state index in [2.05, 4.69) is 5.32 Å². The van der Waals surface area contributed by atoms with Crippen LogP contribution in [-0.2, 0) is 4.79 Å². The fourth-order valence-corrected chi connectivity index (χ4v) is 3.93. The molecule has 2 heterocycles. The van der Waals surface area contributed by atoms with Crippen molar-refractivity contribution in [3.05, 3.63) is 83.9 Å². The average molecular weight is 443 g/mol. The van der Waals surface area contributed by atoms with Crippen LogP contribution in [0.4, 0.5) is 5.69 Å². The number of hydrogen-bond donors (Lipinski definition) is 1. The molecule has 5 rings (SSSR count). The molecule has 0 bridgehead atoms. The normalized spacial score (nSPS) is 12.5. The van der Waals surface area contributed by atoms with Gasteiger partial charge in [-0.2, -0.15) is 0 Å². The molecule has 0 saturated heterocycles. The molecule has 1 aromatic heterocycles. The number of halogens is 1. The molecule has 1 aliphatic rings. The highest BCUT2D eigenvalue weighted by Gasteiger charge is 2.18. The van der Waals surface area contributed by atoms with Crippen LogP contribution in [0.1, 0.15) is 0 Å². The molecule has 1 amide bonds. The lowest BCUT2D eigenvalue weighted by atomic mass is 9.99. The van der Waals surface area contributed by atoms with E-state index in [0.717, 1.165) is 39.4 Å². The van der Waals surface area contributed by atoms with E-state index < -0.39 is 0 Å². The maximum Gasteiger partial charge on any atom is 0.262 e. The van der Waals surface area contributed by atoms with Gasteiger partial charge in [-0.15, -0.1) is 0 Å². The molecule has 0 radical (unpaired) electrons. The van der Waals surface area contributed by atoms with Crippen molar-refractivity contribution in [3.63, 3.8) is 0 Å². The lowest BCUT2D eigenvalue weighted by molar-refractivity contribution is -0.118. The zero-order valence-electron chi connectivity index (χ0n) is 17.3. The highest BCUT2D eigenvalue weighted by Crippen LogP contribution is 2.36. The van der Waals surface area contributed by atoms with Gasteiger partial charge in [-0.25, -0.2) is 4.98 Å². The zero-order chi connectivity index (χ0) is 22.1. The van der Waals surface area contributed by atoms with Gasteiger partial charge in [-0.1, -0.05) is 29.8 Å². The summed E-state index contributed by atoms with van der Waals surface area (Å²) in [5.41, 5.74) is 5.88. The maximum absolute atomic E-state index is 11.8. The summed E-state index contributed by atoms with van der Waals surface area (Å²) in [6.07, 6.45) is 0. The fraction of sp³-hybridized carbons (Fsp3) is 0.0769. The summed E-state index contributed by atoms with van der Waals surface area (Å²) < 4.78 is 10.8. The van der Waals surface area contributed by atoms with Crippen LogP contribution in [0.5, 0.6) is 11.5 Å². The summed E-state index contributed by atoms with van der Waals surface area (Å²) in [6.45, 7) is 0.0220. The lowest BCUT2D eigenvalue weighted by Gasteiger charge is -2.19. The number of rotatable bonds is 4. The molecule has 0 saturated carbocycles. The number of benzene rings is 3. The molecule has 4 aromatic rings. The predicted octanol–water partition coefficient (Wildman–Crippen LogP) is 6.08. The third-order valence-corrected chi connectivity index (χ3v) is 5.63. The SMILES string of the molecule is COc1ccc(-c2cc(-c3ccccc3Cl)cc(-c3ccc4c(c3)NC(=O)CO4)n2)cc1. The number of methoxy groups -OCH3 is 1. The largest absolute Gasteiger partial charge is 0.497 e. The van der Waals surface area contributed by atoms with Gasteiger partial charge in [0.05, 0.1) is 24.2 Å². The van der Waals surface area contributed by atoms with Crippen molar-refractivity contribution in [1.82, 2.24) is 4.98 Å². The second-order valence-electron chi connectivity index (χ2n) is 7.38. The first kappa shape index (κ1) is 20.1. The molecule has 32 heavy (non-hydrogen) atoms. The Labute approximate surface area is 190 Å². The van der Waals surface area contributed by atoms with Gasteiger partial charge in [0.25, 0.3) is 5.91 Å². The van der Waals surface area contributed by atoms with E-state index in [1.807, 2.05) is 78.9 Å². The highest BCUT2D eigenvalue weighted by molar-refractivity contribution is 6.33. The molecule has 3 aromatic carbocycles. The van der Waals surface area contributed by atoms with E-state index in [1.165, 1.54) is 0 Å². The number of anilines is 1. The van der Waals surface area contributed by atoms with Crippen LogP contribution in [-0.4, -0.2) is 24.6 Å². The van der Waals surface area contributed by atoms with E-state index >= 15 is 0 Å². The van der Waals surface area contributed by atoms with Crippen LogP contribution >= 0.6 is 11.6 Å². The Kier molecular flexibility index (Phi) is 5.25. The van der Waals surface area contributed by atoms with Crippen molar-refractivity contribution >= 4 is 23.2 Å². The predicted molar refractivity (Wildman–Crippen MR) is 126 cm³/mol. The molecular weight excluding hydrogens is 424 g/mol. The zero-order valence-corrected chi connectivity index (χ0v) is 18.0. The summed E-state index contributed by atoms with van der Waals surface area (Å²) in [7, 11) is 1.64. The summed E-state index contributed by atoms with van der Waals surface area (Å²) in [5, 5.41) is 3.52. The van der Waals surface area contributed by atoms with E-state index in [1.54, 1.807) is 7.11 Å². The number of aromatic nitrogens is 1. The molecule has 0 spiro atoms. The Hall–Kier alpha value is -3.83. The van der Waals surface area contributed by atoms with E-state index in [9.17, 15) is 4.79 Å². The van der Waals surface area contributed by atoms with Crippen LogP contribution in [0.3, 0.4) is 0 Å². The van der Waals surface area contributed by atoms with Gasteiger partial charge in [0.1, 0.15) is 11.5 Å². The Balaban J connectivity index is 1.66. The van der Waals surface area contributed by atoms with Gasteiger partial charge >= 0.3 is 0 Å². The summed E-state index contributed by atoms with van der Waals surface area (Å²) >= 11 is 6.50. The van der Waals surface area contributed by atoms with Crippen LogP contribution in [0.15, 0.2) is 78.9 Å². The molecule has 158 valence electrons. The molecule has 0 aliphatic carbocycles. The van der Waals surface area contributed by atoms with Crippen molar-refractivity contribution < 1.29 is 14.3 Å². The first-order chi connectivity index (χ1) is 15.6. The summed E-state index contributed by atoms with van der Waals surface area (Å²) in [5.74, 6) is 1.25. The molecule has 1 N–H and O–H groups in total. The number of hydrogen-bond acceptors (Lipinski definition) is 4. The highest BCUT2D eigenvalue weighted by atomic mass is 35.5. The second-order valence-corrected chi connectivity index (χ2v) is 7.79. The number of carbonyl (C=O) groups is 1. The van der Waals surface area contributed by atoms with Crippen molar-refractivity contribution in [2.45, 2.75) is 0 Å². The smallest absolute Gasteiger partial charge is 0.262 e. The average Bonchev–Trinajstić information content (AvgIpc) is 2.83. The van der Waals surface area contributed by atoms with Gasteiger partial charge in [0, 0.05) is 21.7 Å². The number of ether oxygens (including phenoxy) is 2. The van der Waals surface area contributed by atoms with E-state index in [0.29, 0.717) is 16.5 Å². The number of amides is 1. The number of nitrogens with one attached hydrogen (secondary N) is 1. The minimum absolute atomic E-state index is 0.0220. The van der Waals surface area contributed by atoms with Gasteiger partial charge in [0.15, 0.2) is 6.61 Å². The van der Waals surface area contributed by atoms with Crippen molar-refractivity contribution in [2.24, 2.45) is 0 Å². The van der Waals surface area contributed by atoms with Gasteiger partial charge < -0.3 is 14.8 Å². The monoisotopic (exact) mass is 442 g/mol. The van der Waals surface area contributed by atoms with E-state index in [-0.39, 0.29) is 12.5 Å². The third-order valence-electron chi connectivity index (χ3n) is 5.30. The number of carbonyl (C=O) groups excluding carboxylic acids is 1.